The molecule has 0 spiro atoms. The summed E-state index contributed by atoms with van der Waals surface area (Å²) in [4.78, 5) is 0. The van der Waals surface area contributed by atoms with Gasteiger partial charge in [-0.05, 0) is 32.1 Å². The average Bonchev–Trinajstić information content (AvgIpc) is 2.15. The molecule has 0 radical (unpaired) electrons. The SMILES string of the molecule is CCCC(Cl)(Cl)CC1OC2CCCC(C2)O1. The van der Waals surface area contributed by atoms with Crippen molar-refractivity contribution in [2.75, 3.05) is 0 Å². The van der Waals surface area contributed by atoms with Crippen LogP contribution in [0.4, 0.5) is 0 Å². The third-order valence-corrected chi connectivity index (χ3v) is 4.03. The quantitative estimate of drug-likeness (QED) is 0.716. The fraction of sp³-hybridized carbons (Fsp3) is 1.00. The van der Waals surface area contributed by atoms with Gasteiger partial charge in [0.25, 0.3) is 0 Å². The molecule has 1 aliphatic carbocycles. The van der Waals surface area contributed by atoms with Gasteiger partial charge < -0.3 is 9.47 Å². The standard InChI is InChI=1S/C12H20Cl2O2/c1-2-6-12(13,14)8-11-15-9-4-3-5-10(7-9)16-11/h9-11H,2-8H2,1H3. The number of halogens is 2. The second kappa shape index (κ2) is 5.43. The molecule has 1 heterocycles. The summed E-state index contributed by atoms with van der Waals surface area (Å²) in [6.45, 7) is 2.08. The Kier molecular flexibility index (Phi) is 4.39. The molecule has 4 heteroatoms. The van der Waals surface area contributed by atoms with Crippen LogP contribution in [0.2, 0.25) is 0 Å². The van der Waals surface area contributed by atoms with E-state index in [0.29, 0.717) is 18.6 Å². The minimum Gasteiger partial charge on any atom is -0.349 e. The van der Waals surface area contributed by atoms with Gasteiger partial charge in [-0.2, -0.15) is 0 Å². The second-order valence-electron chi connectivity index (χ2n) is 4.92. The van der Waals surface area contributed by atoms with Crippen molar-refractivity contribution in [1.29, 1.82) is 0 Å². The fourth-order valence-electron chi connectivity index (χ4n) is 2.62. The molecule has 1 aliphatic heterocycles. The molecule has 2 aliphatic rings. The fourth-order valence-corrected chi connectivity index (χ4v) is 3.25. The van der Waals surface area contributed by atoms with E-state index in [1.807, 2.05) is 0 Å². The molecule has 1 saturated carbocycles. The second-order valence-corrected chi connectivity index (χ2v) is 6.56. The van der Waals surface area contributed by atoms with Crippen LogP contribution >= 0.6 is 23.2 Å². The number of alkyl halides is 2. The van der Waals surface area contributed by atoms with Gasteiger partial charge in [0.2, 0.25) is 0 Å². The van der Waals surface area contributed by atoms with Gasteiger partial charge in [0, 0.05) is 6.42 Å². The Balaban J connectivity index is 1.86. The highest BCUT2D eigenvalue weighted by molar-refractivity contribution is 6.48. The lowest BCUT2D eigenvalue weighted by molar-refractivity contribution is -0.258. The Morgan fingerprint density at radius 3 is 2.38 bits per heavy atom. The number of hydrogen-bond donors (Lipinski definition) is 0. The van der Waals surface area contributed by atoms with Gasteiger partial charge in [-0.1, -0.05) is 13.3 Å². The van der Waals surface area contributed by atoms with Crippen molar-refractivity contribution in [3.8, 4) is 0 Å². The zero-order chi connectivity index (χ0) is 11.6. The van der Waals surface area contributed by atoms with Gasteiger partial charge in [0.15, 0.2) is 6.29 Å². The maximum Gasteiger partial charge on any atom is 0.161 e. The van der Waals surface area contributed by atoms with E-state index >= 15 is 0 Å². The predicted octanol–water partition coefficient (Wildman–Crippen LogP) is 4.03. The molecule has 2 nitrogen and oxygen atoms in total. The normalized spacial score (nSPS) is 35.1. The molecule has 2 bridgehead atoms. The summed E-state index contributed by atoms with van der Waals surface area (Å²) >= 11 is 12.5. The Bertz CT molecular complexity index is 221. The Labute approximate surface area is 108 Å². The first-order chi connectivity index (χ1) is 7.59. The molecular formula is C12H20Cl2O2. The van der Waals surface area contributed by atoms with E-state index in [1.54, 1.807) is 0 Å². The van der Waals surface area contributed by atoms with E-state index in [9.17, 15) is 0 Å². The molecule has 2 fully saturated rings. The van der Waals surface area contributed by atoms with Crippen molar-refractivity contribution in [2.45, 2.75) is 74.7 Å². The highest BCUT2D eigenvalue weighted by Gasteiger charge is 2.37. The summed E-state index contributed by atoms with van der Waals surface area (Å²) in [5.74, 6) is 0. The van der Waals surface area contributed by atoms with Gasteiger partial charge in [-0.15, -0.1) is 23.2 Å². The summed E-state index contributed by atoms with van der Waals surface area (Å²) in [7, 11) is 0. The van der Waals surface area contributed by atoms with E-state index in [-0.39, 0.29) is 6.29 Å². The van der Waals surface area contributed by atoms with Crippen LogP contribution in [0.1, 0.15) is 51.9 Å². The topological polar surface area (TPSA) is 18.5 Å². The Morgan fingerprint density at radius 1 is 1.19 bits per heavy atom. The van der Waals surface area contributed by atoms with Gasteiger partial charge in [-0.25, -0.2) is 0 Å². The van der Waals surface area contributed by atoms with Crippen molar-refractivity contribution in [3.05, 3.63) is 0 Å². The number of fused-ring (bicyclic) bond motifs is 2. The van der Waals surface area contributed by atoms with Crippen LogP contribution in [-0.4, -0.2) is 22.8 Å². The van der Waals surface area contributed by atoms with E-state index in [4.69, 9.17) is 32.7 Å². The zero-order valence-electron chi connectivity index (χ0n) is 9.75. The summed E-state index contributed by atoms with van der Waals surface area (Å²) in [5, 5.41) is 0. The molecule has 94 valence electrons. The minimum absolute atomic E-state index is 0.203. The maximum atomic E-state index is 6.23. The first-order valence-electron chi connectivity index (χ1n) is 6.28. The van der Waals surface area contributed by atoms with Gasteiger partial charge in [-0.3, -0.25) is 0 Å². The highest BCUT2D eigenvalue weighted by Crippen LogP contribution is 2.38. The smallest absolute Gasteiger partial charge is 0.161 e. The lowest BCUT2D eigenvalue weighted by atomic mass is 9.93. The van der Waals surface area contributed by atoms with Crippen molar-refractivity contribution < 1.29 is 9.47 Å². The molecular weight excluding hydrogens is 247 g/mol. The predicted molar refractivity (Wildman–Crippen MR) is 66.0 cm³/mol. The van der Waals surface area contributed by atoms with E-state index in [2.05, 4.69) is 6.92 Å². The molecule has 0 aromatic heterocycles. The van der Waals surface area contributed by atoms with Crippen LogP contribution in [0, 0.1) is 0 Å². The monoisotopic (exact) mass is 266 g/mol. The van der Waals surface area contributed by atoms with Gasteiger partial charge >= 0.3 is 0 Å². The Morgan fingerprint density at radius 2 is 1.81 bits per heavy atom. The highest BCUT2D eigenvalue weighted by atomic mass is 35.5. The molecule has 0 N–H and O–H groups in total. The summed E-state index contributed by atoms with van der Waals surface area (Å²) in [5.41, 5.74) is 0. The summed E-state index contributed by atoms with van der Waals surface area (Å²) < 4.78 is 11.0. The third kappa shape index (κ3) is 3.49. The molecule has 2 unspecified atom stereocenters. The van der Waals surface area contributed by atoms with E-state index < -0.39 is 4.33 Å². The lowest BCUT2D eigenvalue weighted by Crippen LogP contribution is -2.43. The van der Waals surface area contributed by atoms with Crippen LogP contribution in [0.3, 0.4) is 0 Å². The van der Waals surface area contributed by atoms with Crippen molar-refractivity contribution >= 4 is 23.2 Å². The van der Waals surface area contributed by atoms with Crippen molar-refractivity contribution in [1.82, 2.24) is 0 Å². The molecule has 16 heavy (non-hydrogen) atoms. The summed E-state index contributed by atoms with van der Waals surface area (Å²) in [6, 6.07) is 0. The third-order valence-electron chi connectivity index (χ3n) is 3.35. The van der Waals surface area contributed by atoms with Crippen LogP contribution < -0.4 is 0 Å². The van der Waals surface area contributed by atoms with Gasteiger partial charge in [0.1, 0.15) is 4.33 Å². The Hall–Kier alpha value is 0.500. The average molecular weight is 267 g/mol. The van der Waals surface area contributed by atoms with E-state index in [1.165, 1.54) is 6.42 Å². The van der Waals surface area contributed by atoms with Crippen molar-refractivity contribution in [2.24, 2.45) is 0 Å². The number of rotatable bonds is 4. The van der Waals surface area contributed by atoms with E-state index in [0.717, 1.165) is 32.1 Å². The minimum atomic E-state index is -0.703. The molecule has 0 aromatic carbocycles. The number of hydrogen-bond acceptors (Lipinski definition) is 2. The molecule has 0 amide bonds. The first-order valence-corrected chi connectivity index (χ1v) is 7.03. The molecule has 1 saturated heterocycles. The maximum absolute atomic E-state index is 6.23. The van der Waals surface area contributed by atoms with Crippen molar-refractivity contribution in [3.63, 3.8) is 0 Å². The van der Waals surface area contributed by atoms with Crippen LogP contribution in [0.25, 0.3) is 0 Å². The number of ether oxygens (including phenoxy) is 2. The van der Waals surface area contributed by atoms with Crippen LogP contribution in [0.15, 0.2) is 0 Å². The van der Waals surface area contributed by atoms with Crippen LogP contribution in [-0.2, 0) is 9.47 Å². The van der Waals surface area contributed by atoms with Gasteiger partial charge in [0.05, 0.1) is 12.2 Å². The first kappa shape index (κ1) is 12.9. The molecule has 2 rings (SSSR count). The summed E-state index contributed by atoms with van der Waals surface area (Å²) in [6.07, 6.45) is 7.44. The molecule has 2 atom stereocenters. The molecule has 0 aromatic rings. The van der Waals surface area contributed by atoms with Crippen LogP contribution in [0.5, 0.6) is 0 Å². The lowest BCUT2D eigenvalue weighted by Gasteiger charge is -2.40. The zero-order valence-corrected chi connectivity index (χ0v) is 11.3. The largest absolute Gasteiger partial charge is 0.349 e.